The Morgan fingerprint density at radius 2 is 2.45 bits per heavy atom. The third-order valence-corrected chi connectivity index (χ3v) is 2.26. The summed E-state index contributed by atoms with van der Waals surface area (Å²) in [7, 11) is 1.84. The summed E-state index contributed by atoms with van der Waals surface area (Å²) >= 11 is 0. The summed E-state index contributed by atoms with van der Waals surface area (Å²) in [5.74, 6) is 0. The molecule has 1 unspecified atom stereocenters. The van der Waals surface area contributed by atoms with Gasteiger partial charge in [0.15, 0.2) is 6.04 Å². The van der Waals surface area contributed by atoms with Gasteiger partial charge in [0.1, 0.15) is 12.3 Å². The smallest absolute Gasteiger partial charge is 0.224 e. The van der Waals surface area contributed by atoms with E-state index in [2.05, 4.69) is 6.08 Å². The molecule has 1 saturated heterocycles. The van der Waals surface area contributed by atoms with Crippen molar-refractivity contribution in [3.8, 4) is 0 Å². The molecule has 58 valence electrons. The van der Waals surface area contributed by atoms with Crippen molar-refractivity contribution in [2.75, 3.05) is 13.6 Å². The van der Waals surface area contributed by atoms with Crippen LogP contribution in [0.15, 0.2) is 12.2 Å². The van der Waals surface area contributed by atoms with Crippen molar-refractivity contribution in [2.24, 2.45) is 0 Å². The number of likely N-dealkylation sites (N-methyl/N-ethyl adjacent to an activating group) is 1. The van der Waals surface area contributed by atoms with Gasteiger partial charge < -0.3 is 0 Å². The first-order valence-electron chi connectivity index (χ1n) is 3.76. The summed E-state index contributed by atoms with van der Waals surface area (Å²) < 4.78 is 1.83. The predicted octanol–water partition coefficient (Wildman–Crippen LogP) is 0.464. The zero-order valence-electron chi connectivity index (χ0n) is 6.74. The highest BCUT2D eigenvalue weighted by Crippen LogP contribution is 2.15. The molecule has 0 aromatic rings. The highest BCUT2D eigenvalue weighted by atomic mass is 16.2. The van der Waals surface area contributed by atoms with Crippen molar-refractivity contribution in [1.82, 2.24) is 4.90 Å². The van der Waals surface area contributed by atoms with Crippen LogP contribution in [0.5, 0.6) is 0 Å². The van der Waals surface area contributed by atoms with E-state index in [1.54, 1.807) is 4.90 Å². The maximum atomic E-state index is 11.4. The molecule has 1 fully saturated rings. The second-order valence-corrected chi connectivity index (χ2v) is 3.10. The average Bonchev–Trinajstić information content (AvgIpc) is 2.41. The zero-order valence-corrected chi connectivity index (χ0v) is 6.74. The zero-order chi connectivity index (χ0) is 8.01. The Labute approximate surface area is 65.6 Å². The summed E-state index contributed by atoms with van der Waals surface area (Å²) in [5.41, 5.74) is 1.06. The molecular weight excluding hydrogens is 140 g/mol. The summed E-state index contributed by atoms with van der Waals surface area (Å²) in [6, 6.07) is 0.421. The van der Waals surface area contributed by atoms with Gasteiger partial charge in [-0.15, -0.1) is 0 Å². The van der Waals surface area contributed by atoms with E-state index in [0.717, 1.165) is 12.3 Å². The maximum Gasteiger partial charge on any atom is 0.493 e. The minimum absolute atomic E-state index is 0.123. The fraction of sp³-hybridized carbons (Fsp3) is 0.500. The highest BCUT2D eigenvalue weighted by Gasteiger charge is 2.41. The van der Waals surface area contributed by atoms with Gasteiger partial charge in [-0.25, -0.2) is 4.90 Å². The van der Waals surface area contributed by atoms with Crippen molar-refractivity contribution in [2.45, 2.75) is 13.0 Å². The number of hydrogen-bond donors (Lipinski definition) is 0. The monoisotopic (exact) mass is 151 g/mol. The Bertz CT molecular complexity index is 278. The van der Waals surface area contributed by atoms with Gasteiger partial charge in [0.25, 0.3) is 0 Å². The highest BCUT2D eigenvalue weighted by molar-refractivity contribution is 5.94. The van der Waals surface area contributed by atoms with Crippen LogP contribution in [0.4, 0.5) is 4.79 Å². The lowest BCUT2D eigenvalue weighted by Gasteiger charge is -1.95. The van der Waals surface area contributed by atoms with Gasteiger partial charge in [-0.05, 0) is 19.1 Å². The predicted molar refractivity (Wildman–Crippen MR) is 41.9 cm³/mol. The number of fused-ring (bicyclic) bond motifs is 1. The Hall–Kier alpha value is -1.12. The van der Waals surface area contributed by atoms with Crippen LogP contribution in [-0.2, 0) is 0 Å². The largest absolute Gasteiger partial charge is 0.493 e. The number of carbonyl (C=O) groups excluding carboxylic acids is 1. The number of urea groups is 1. The van der Waals surface area contributed by atoms with E-state index in [-0.39, 0.29) is 6.03 Å². The fourth-order valence-corrected chi connectivity index (χ4v) is 1.66. The second-order valence-electron chi connectivity index (χ2n) is 3.10. The minimum atomic E-state index is 0.123. The third kappa shape index (κ3) is 0.737. The first-order valence-corrected chi connectivity index (χ1v) is 3.76. The van der Waals surface area contributed by atoms with E-state index in [0.29, 0.717) is 6.04 Å². The first kappa shape index (κ1) is 6.58. The Morgan fingerprint density at radius 3 is 3.09 bits per heavy atom. The maximum absolute atomic E-state index is 11.4. The van der Waals surface area contributed by atoms with Crippen LogP contribution in [-0.4, -0.2) is 40.9 Å². The molecule has 0 N–H and O–H groups in total. The van der Waals surface area contributed by atoms with E-state index in [1.165, 1.54) is 0 Å². The standard InChI is InChI=1S/C8H11N2O/c1-6-3-4-7-5-9(2)8(11)10(6)7/h3-4,7H,5H2,1-2H3/q+1. The molecule has 2 rings (SSSR count). The molecule has 0 spiro atoms. The Kier molecular flexibility index (Phi) is 1.16. The number of allylic oxidation sites excluding steroid dienone is 1. The molecule has 2 aliphatic heterocycles. The van der Waals surface area contributed by atoms with Crippen LogP contribution < -0.4 is 0 Å². The molecule has 0 aromatic heterocycles. The molecule has 3 heteroatoms. The number of rotatable bonds is 0. The molecule has 0 radical (unpaired) electrons. The van der Waals surface area contributed by atoms with Gasteiger partial charge in [-0.1, -0.05) is 0 Å². The molecule has 2 aliphatic rings. The SMILES string of the molecule is CC1=[N+]2C(=O)N(C)CC2C=C1. The number of hydrogen-bond acceptors (Lipinski definition) is 1. The van der Waals surface area contributed by atoms with Crippen LogP contribution in [0, 0.1) is 0 Å². The van der Waals surface area contributed by atoms with Crippen LogP contribution in [0.3, 0.4) is 0 Å². The van der Waals surface area contributed by atoms with Gasteiger partial charge >= 0.3 is 6.03 Å². The molecule has 3 nitrogen and oxygen atoms in total. The summed E-state index contributed by atoms with van der Waals surface area (Å²) in [6.45, 7) is 2.79. The molecule has 11 heavy (non-hydrogen) atoms. The van der Waals surface area contributed by atoms with Crippen molar-refractivity contribution in [3.63, 3.8) is 0 Å². The van der Waals surface area contributed by atoms with Crippen LogP contribution in [0.25, 0.3) is 0 Å². The Balaban J connectivity index is 2.43. The van der Waals surface area contributed by atoms with Crippen molar-refractivity contribution in [1.29, 1.82) is 0 Å². The summed E-state index contributed by atoms with van der Waals surface area (Å²) in [5, 5.41) is 0. The summed E-state index contributed by atoms with van der Waals surface area (Å²) in [6.07, 6.45) is 4.09. The fourth-order valence-electron chi connectivity index (χ4n) is 1.66. The molecule has 1 atom stereocenters. The van der Waals surface area contributed by atoms with Crippen molar-refractivity contribution in [3.05, 3.63) is 12.2 Å². The van der Waals surface area contributed by atoms with Crippen molar-refractivity contribution < 1.29 is 9.37 Å². The molecular formula is C8H11N2O+. The molecule has 0 saturated carbocycles. The topological polar surface area (TPSA) is 23.3 Å². The molecule has 2 amide bonds. The number of nitrogens with zero attached hydrogens (tertiary/aromatic N) is 2. The van der Waals surface area contributed by atoms with Crippen LogP contribution >= 0.6 is 0 Å². The van der Waals surface area contributed by atoms with E-state index >= 15 is 0 Å². The lowest BCUT2D eigenvalue weighted by atomic mass is 10.3. The van der Waals surface area contributed by atoms with Crippen molar-refractivity contribution >= 4 is 11.7 Å². The second kappa shape index (κ2) is 1.94. The lowest BCUT2D eigenvalue weighted by Crippen LogP contribution is -2.25. The van der Waals surface area contributed by atoms with E-state index in [9.17, 15) is 4.79 Å². The quantitative estimate of drug-likeness (QED) is 0.461. The number of amides is 2. The van der Waals surface area contributed by atoms with Gasteiger partial charge in [-0.3, -0.25) is 0 Å². The van der Waals surface area contributed by atoms with Gasteiger partial charge in [-0.2, -0.15) is 9.37 Å². The lowest BCUT2D eigenvalue weighted by molar-refractivity contribution is -0.435. The minimum Gasteiger partial charge on any atom is -0.224 e. The van der Waals surface area contributed by atoms with E-state index in [1.807, 2.05) is 24.6 Å². The van der Waals surface area contributed by atoms with Crippen LogP contribution in [0.2, 0.25) is 0 Å². The van der Waals surface area contributed by atoms with Gasteiger partial charge in [0.05, 0.1) is 7.05 Å². The Morgan fingerprint density at radius 1 is 1.73 bits per heavy atom. The average molecular weight is 151 g/mol. The molecule has 0 aromatic carbocycles. The molecule has 2 heterocycles. The summed E-state index contributed by atoms with van der Waals surface area (Å²) in [4.78, 5) is 13.1. The van der Waals surface area contributed by atoms with E-state index in [4.69, 9.17) is 0 Å². The molecule has 0 aliphatic carbocycles. The van der Waals surface area contributed by atoms with Crippen LogP contribution in [0.1, 0.15) is 6.92 Å². The van der Waals surface area contributed by atoms with Gasteiger partial charge in [0.2, 0.25) is 0 Å². The molecule has 0 bridgehead atoms. The normalized spacial score (nSPS) is 28.7. The van der Waals surface area contributed by atoms with E-state index < -0.39 is 0 Å². The van der Waals surface area contributed by atoms with Gasteiger partial charge in [0, 0.05) is 0 Å². The first-order chi connectivity index (χ1) is 5.20. The third-order valence-electron chi connectivity index (χ3n) is 2.26. The number of carbonyl (C=O) groups is 1.